The van der Waals surface area contributed by atoms with Gasteiger partial charge in [-0.2, -0.15) is 5.06 Å². The van der Waals surface area contributed by atoms with Crippen molar-refractivity contribution in [1.82, 2.24) is 5.06 Å². The van der Waals surface area contributed by atoms with Gasteiger partial charge in [-0.05, 0) is 38.5 Å². The van der Waals surface area contributed by atoms with Crippen LogP contribution in [0.15, 0.2) is 0 Å². The third-order valence-corrected chi connectivity index (χ3v) is 5.25. The van der Waals surface area contributed by atoms with Gasteiger partial charge in [-0.25, -0.2) is 4.79 Å². The SMILES string of the molecule is COC(=O)C12CCCN1OC1(CC1)C21CC1. The number of carbonyl (C=O) groups is 1. The second-order valence-electron chi connectivity index (χ2n) is 5.73. The Morgan fingerprint density at radius 1 is 1.25 bits per heavy atom. The van der Waals surface area contributed by atoms with Crippen LogP contribution in [0.3, 0.4) is 0 Å². The Bertz CT molecular complexity index is 372. The van der Waals surface area contributed by atoms with Crippen molar-refractivity contribution in [2.45, 2.75) is 49.7 Å². The Morgan fingerprint density at radius 3 is 2.56 bits per heavy atom. The van der Waals surface area contributed by atoms with E-state index in [0.29, 0.717) is 0 Å². The minimum Gasteiger partial charge on any atom is -0.468 e. The Hall–Kier alpha value is -0.610. The van der Waals surface area contributed by atoms with Gasteiger partial charge in [0.1, 0.15) is 0 Å². The van der Waals surface area contributed by atoms with Gasteiger partial charge < -0.3 is 4.74 Å². The lowest BCUT2D eigenvalue weighted by Gasteiger charge is -2.32. The van der Waals surface area contributed by atoms with Crippen LogP contribution < -0.4 is 0 Å². The first-order chi connectivity index (χ1) is 7.71. The normalized spacial score (nSPS) is 41.3. The first kappa shape index (κ1) is 9.42. The molecule has 2 heterocycles. The molecule has 1 atom stereocenters. The predicted molar refractivity (Wildman–Crippen MR) is 55.4 cm³/mol. The van der Waals surface area contributed by atoms with Crippen molar-refractivity contribution in [2.75, 3.05) is 13.7 Å². The van der Waals surface area contributed by atoms with E-state index in [4.69, 9.17) is 9.57 Å². The van der Waals surface area contributed by atoms with E-state index in [0.717, 1.165) is 45.1 Å². The summed E-state index contributed by atoms with van der Waals surface area (Å²) in [5.74, 6) is -0.0636. The van der Waals surface area contributed by atoms with Crippen molar-refractivity contribution in [3.05, 3.63) is 0 Å². The largest absolute Gasteiger partial charge is 0.468 e. The van der Waals surface area contributed by atoms with Crippen LogP contribution in [0, 0.1) is 5.41 Å². The third-order valence-electron chi connectivity index (χ3n) is 5.25. The molecule has 0 radical (unpaired) electrons. The number of hydroxylamine groups is 2. The molecule has 2 saturated carbocycles. The minimum atomic E-state index is -0.432. The molecule has 2 aliphatic heterocycles. The van der Waals surface area contributed by atoms with Crippen LogP contribution in [0.4, 0.5) is 0 Å². The first-order valence-electron chi connectivity index (χ1n) is 6.26. The lowest BCUT2D eigenvalue weighted by molar-refractivity contribution is -0.194. The van der Waals surface area contributed by atoms with E-state index in [2.05, 4.69) is 0 Å². The van der Waals surface area contributed by atoms with E-state index < -0.39 is 5.54 Å². The third kappa shape index (κ3) is 0.721. The van der Waals surface area contributed by atoms with Crippen molar-refractivity contribution in [2.24, 2.45) is 5.41 Å². The van der Waals surface area contributed by atoms with Crippen LogP contribution in [-0.2, 0) is 14.4 Å². The molecule has 0 aromatic carbocycles. The van der Waals surface area contributed by atoms with E-state index in [9.17, 15) is 4.79 Å². The molecule has 0 amide bonds. The van der Waals surface area contributed by atoms with Crippen molar-refractivity contribution < 1.29 is 14.4 Å². The molecular weight excluding hydrogens is 206 g/mol. The molecule has 0 aromatic rings. The van der Waals surface area contributed by atoms with Crippen LogP contribution in [0.5, 0.6) is 0 Å². The second-order valence-corrected chi connectivity index (χ2v) is 5.73. The first-order valence-corrected chi connectivity index (χ1v) is 6.26. The zero-order valence-corrected chi connectivity index (χ0v) is 9.62. The highest BCUT2D eigenvalue weighted by Crippen LogP contribution is 2.77. The van der Waals surface area contributed by atoms with Gasteiger partial charge in [0.25, 0.3) is 0 Å². The van der Waals surface area contributed by atoms with Crippen molar-refractivity contribution in [3.8, 4) is 0 Å². The van der Waals surface area contributed by atoms with E-state index in [1.54, 1.807) is 0 Å². The van der Waals surface area contributed by atoms with Crippen LogP contribution in [0.1, 0.15) is 38.5 Å². The van der Waals surface area contributed by atoms with E-state index >= 15 is 0 Å². The molecule has 4 heteroatoms. The number of rotatable bonds is 1. The number of fused-ring (bicyclic) bond motifs is 3. The Balaban J connectivity index is 1.85. The Kier molecular flexibility index (Phi) is 1.45. The van der Waals surface area contributed by atoms with Gasteiger partial charge >= 0.3 is 5.97 Å². The maximum atomic E-state index is 12.2. The molecule has 4 rings (SSSR count). The van der Waals surface area contributed by atoms with Crippen molar-refractivity contribution in [1.29, 1.82) is 0 Å². The van der Waals surface area contributed by atoms with Crippen molar-refractivity contribution >= 4 is 5.97 Å². The highest BCUT2D eigenvalue weighted by Gasteiger charge is 2.85. The maximum Gasteiger partial charge on any atom is 0.329 e. The van der Waals surface area contributed by atoms with Crippen LogP contribution >= 0.6 is 0 Å². The zero-order chi connectivity index (χ0) is 11.0. The number of nitrogens with zero attached hydrogens (tertiary/aromatic N) is 1. The van der Waals surface area contributed by atoms with Gasteiger partial charge in [0.05, 0.1) is 12.7 Å². The lowest BCUT2D eigenvalue weighted by atomic mass is 9.75. The molecule has 88 valence electrons. The fraction of sp³-hybridized carbons (Fsp3) is 0.917. The van der Waals surface area contributed by atoms with Gasteiger partial charge in [0, 0.05) is 12.0 Å². The Morgan fingerprint density at radius 2 is 2.00 bits per heavy atom. The van der Waals surface area contributed by atoms with E-state index in [1.807, 2.05) is 5.06 Å². The second kappa shape index (κ2) is 2.46. The molecular formula is C12H17NO3. The summed E-state index contributed by atoms with van der Waals surface area (Å²) in [6.07, 6.45) is 6.50. The predicted octanol–water partition coefficient (Wildman–Crippen LogP) is 1.25. The monoisotopic (exact) mass is 223 g/mol. The number of hydrogen-bond donors (Lipinski definition) is 0. The lowest BCUT2D eigenvalue weighted by Crippen LogP contribution is -2.52. The molecule has 2 aliphatic carbocycles. The summed E-state index contributed by atoms with van der Waals surface area (Å²) in [4.78, 5) is 18.4. The molecule has 2 spiro atoms. The summed E-state index contributed by atoms with van der Waals surface area (Å²) in [6.45, 7) is 0.888. The standard InChI is InChI=1S/C12H17NO3/c1-15-9(14)12-3-2-8-13(12)16-11(6-7-11)10(12)4-5-10/h2-8H2,1H3. The Labute approximate surface area is 94.8 Å². The van der Waals surface area contributed by atoms with E-state index in [1.165, 1.54) is 7.11 Å². The highest BCUT2D eigenvalue weighted by molar-refractivity contribution is 5.84. The summed E-state index contributed by atoms with van der Waals surface area (Å²) in [7, 11) is 1.50. The summed E-state index contributed by atoms with van der Waals surface area (Å²) in [6, 6.07) is 0. The summed E-state index contributed by atoms with van der Waals surface area (Å²) < 4.78 is 5.07. The molecule has 0 bridgehead atoms. The smallest absolute Gasteiger partial charge is 0.329 e. The minimum absolute atomic E-state index is 0.0155. The molecule has 4 aliphatic rings. The molecule has 2 saturated heterocycles. The van der Waals surface area contributed by atoms with E-state index in [-0.39, 0.29) is 17.0 Å². The average molecular weight is 223 g/mol. The fourth-order valence-corrected chi connectivity index (χ4v) is 4.32. The van der Waals surface area contributed by atoms with Gasteiger partial charge in [0.15, 0.2) is 5.54 Å². The van der Waals surface area contributed by atoms with Gasteiger partial charge in [-0.3, -0.25) is 4.84 Å². The number of hydrogen-bond acceptors (Lipinski definition) is 4. The summed E-state index contributed by atoms with van der Waals surface area (Å²) in [5.41, 5.74) is -0.316. The summed E-state index contributed by atoms with van der Waals surface area (Å²) >= 11 is 0. The van der Waals surface area contributed by atoms with Gasteiger partial charge in [0.2, 0.25) is 0 Å². The molecule has 4 fully saturated rings. The van der Waals surface area contributed by atoms with Crippen LogP contribution in [0.2, 0.25) is 0 Å². The van der Waals surface area contributed by atoms with Crippen molar-refractivity contribution in [3.63, 3.8) is 0 Å². The number of carbonyl (C=O) groups excluding carboxylic acids is 1. The van der Waals surface area contributed by atoms with Crippen LogP contribution in [-0.4, -0.2) is 35.8 Å². The zero-order valence-electron chi connectivity index (χ0n) is 9.62. The van der Waals surface area contributed by atoms with Crippen LogP contribution in [0.25, 0.3) is 0 Å². The number of esters is 1. The molecule has 0 aromatic heterocycles. The molecule has 0 N–H and O–H groups in total. The highest BCUT2D eigenvalue weighted by atomic mass is 16.7. The quantitative estimate of drug-likeness (QED) is 0.627. The maximum absolute atomic E-state index is 12.2. The van der Waals surface area contributed by atoms with Gasteiger partial charge in [-0.1, -0.05) is 0 Å². The fourth-order valence-electron chi connectivity index (χ4n) is 4.32. The molecule has 1 unspecified atom stereocenters. The summed E-state index contributed by atoms with van der Waals surface area (Å²) in [5, 5.41) is 1.97. The number of methoxy groups -OCH3 is 1. The molecule has 4 nitrogen and oxygen atoms in total. The number of ether oxygens (including phenoxy) is 1. The molecule has 16 heavy (non-hydrogen) atoms. The van der Waals surface area contributed by atoms with Gasteiger partial charge in [-0.15, -0.1) is 0 Å². The topological polar surface area (TPSA) is 38.8 Å². The average Bonchev–Trinajstić information content (AvgIpc) is 3.14.